The van der Waals surface area contributed by atoms with Crippen LogP contribution in [0, 0.1) is 0 Å². The number of anilines is 1. The number of nitrogens with one attached hydrogen (secondary N) is 2. The minimum absolute atomic E-state index is 0.131. The van der Waals surface area contributed by atoms with E-state index in [1.54, 1.807) is 13.2 Å². The highest BCUT2D eigenvalue weighted by atomic mass is 32.2. The maximum Gasteiger partial charge on any atom is 0.272 e. The molecule has 0 atom stereocenters. The fraction of sp³-hybridized carbons (Fsp3) is 0.667. The average molecular weight is 310 g/mol. The monoisotopic (exact) mass is 310 g/mol. The van der Waals surface area contributed by atoms with Crippen molar-refractivity contribution >= 4 is 23.4 Å². The molecule has 21 heavy (non-hydrogen) atoms. The zero-order valence-corrected chi connectivity index (χ0v) is 14.2. The molecule has 118 valence electrons. The topological polar surface area (TPSA) is 66.9 Å². The summed E-state index contributed by atoms with van der Waals surface area (Å²) in [5.74, 6) is 1.95. The summed E-state index contributed by atoms with van der Waals surface area (Å²) in [4.78, 5) is 20.9. The number of thioether (sulfide) groups is 1. The second-order valence-electron chi connectivity index (χ2n) is 5.20. The van der Waals surface area contributed by atoms with Crippen molar-refractivity contribution in [1.82, 2.24) is 15.3 Å². The van der Waals surface area contributed by atoms with Gasteiger partial charge >= 0.3 is 0 Å². The van der Waals surface area contributed by atoms with Crippen molar-refractivity contribution in [2.75, 3.05) is 30.9 Å². The first-order chi connectivity index (χ1) is 10.1. The van der Waals surface area contributed by atoms with E-state index in [1.807, 2.05) is 25.6 Å². The summed E-state index contributed by atoms with van der Waals surface area (Å²) in [5.41, 5.74) is 1.10. The molecule has 2 N–H and O–H groups in total. The van der Waals surface area contributed by atoms with Crippen LogP contribution < -0.4 is 10.6 Å². The number of aromatic nitrogens is 2. The molecular formula is C15H26N4OS. The molecule has 5 nitrogen and oxygen atoms in total. The molecule has 6 heteroatoms. The predicted molar refractivity (Wildman–Crippen MR) is 90.2 cm³/mol. The molecule has 0 unspecified atom stereocenters. The first-order valence-corrected chi connectivity index (χ1v) is 8.81. The number of carbonyl (C=O) groups is 1. The third-order valence-corrected chi connectivity index (χ3v) is 3.82. The van der Waals surface area contributed by atoms with E-state index in [1.165, 1.54) is 12.2 Å². The molecule has 0 aliphatic rings. The van der Waals surface area contributed by atoms with Crippen LogP contribution in [-0.4, -0.2) is 41.5 Å². The Morgan fingerprint density at radius 3 is 2.71 bits per heavy atom. The van der Waals surface area contributed by atoms with Crippen molar-refractivity contribution < 1.29 is 4.79 Å². The van der Waals surface area contributed by atoms with Gasteiger partial charge in [0.25, 0.3) is 5.91 Å². The first-order valence-electron chi connectivity index (χ1n) is 7.42. The van der Waals surface area contributed by atoms with E-state index < -0.39 is 0 Å². The lowest BCUT2D eigenvalue weighted by Crippen LogP contribution is -2.27. The van der Waals surface area contributed by atoms with Crippen LogP contribution in [0.15, 0.2) is 6.20 Å². The van der Waals surface area contributed by atoms with Crippen molar-refractivity contribution in [3.63, 3.8) is 0 Å². The molecule has 0 aliphatic carbocycles. The van der Waals surface area contributed by atoms with Gasteiger partial charge in [-0.3, -0.25) is 4.79 Å². The Morgan fingerprint density at radius 1 is 1.33 bits per heavy atom. The Kier molecular flexibility index (Phi) is 8.12. The lowest BCUT2D eigenvalue weighted by Gasteiger charge is -2.11. The smallest absolute Gasteiger partial charge is 0.272 e. The van der Waals surface area contributed by atoms with Crippen LogP contribution >= 0.6 is 11.8 Å². The predicted octanol–water partition coefficient (Wildman–Crippen LogP) is 2.90. The SMILES string of the molecule is CNc1cnc(C(C)C)nc1C(=O)NCCCCCSC. The Bertz CT molecular complexity index is 451. The standard InChI is InChI=1S/C15H26N4OS/c1-11(2)14-18-10-12(16-3)13(19-14)15(20)17-8-6-5-7-9-21-4/h10-11,16H,5-9H2,1-4H3,(H,17,20). The second-order valence-corrected chi connectivity index (χ2v) is 6.19. The third kappa shape index (κ3) is 5.91. The molecule has 0 saturated carbocycles. The molecule has 0 saturated heterocycles. The Morgan fingerprint density at radius 2 is 2.10 bits per heavy atom. The normalized spacial score (nSPS) is 10.7. The second kappa shape index (κ2) is 9.60. The fourth-order valence-electron chi connectivity index (χ4n) is 1.86. The van der Waals surface area contributed by atoms with Crippen molar-refractivity contribution in [2.24, 2.45) is 0 Å². The molecule has 1 amide bonds. The maximum atomic E-state index is 12.2. The van der Waals surface area contributed by atoms with Gasteiger partial charge in [-0.2, -0.15) is 11.8 Å². The van der Waals surface area contributed by atoms with E-state index in [0.717, 1.165) is 12.8 Å². The van der Waals surface area contributed by atoms with Gasteiger partial charge < -0.3 is 10.6 Å². The zero-order chi connectivity index (χ0) is 15.7. The number of rotatable bonds is 9. The summed E-state index contributed by atoms with van der Waals surface area (Å²) >= 11 is 1.86. The Hall–Kier alpha value is -1.30. The van der Waals surface area contributed by atoms with Crippen molar-refractivity contribution in [2.45, 2.75) is 39.0 Å². The van der Waals surface area contributed by atoms with Gasteiger partial charge in [0, 0.05) is 19.5 Å². The van der Waals surface area contributed by atoms with Crippen LogP contribution in [0.2, 0.25) is 0 Å². The zero-order valence-electron chi connectivity index (χ0n) is 13.4. The number of carbonyl (C=O) groups excluding carboxylic acids is 1. The van der Waals surface area contributed by atoms with Crippen molar-refractivity contribution in [3.05, 3.63) is 17.7 Å². The first kappa shape index (κ1) is 17.8. The molecule has 0 fully saturated rings. The molecule has 0 bridgehead atoms. The highest BCUT2D eigenvalue weighted by molar-refractivity contribution is 7.98. The van der Waals surface area contributed by atoms with Crippen LogP contribution in [0.25, 0.3) is 0 Å². The largest absolute Gasteiger partial charge is 0.385 e. The summed E-state index contributed by atoms with van der Waals surface area (Å²) in [6, 6.07) is 0. The summed E-state index contributed by atoms with van der Waals surface area (Å²) in [5, 5.41) is 5.91. The van der Waals surface area contributed by atoms with Gasteiger partial charge in [-0.1, -0.05) is 20.3 Å². The fourth-order valence-corrected chi connectivity index (χ4v) is 2.36. The van der Waals surface area contributed by atoms with E-state index in [9.17, 15) is 4.79 Å². The van der Waals surface area contributed by atoms with E-state index in [4.69, 9.17) is 0 Å². The van der Waals surface area contributed by atoms with Gasteiger partial charge in [0.05, 0.1) is 11.9 Å². The summed E-state index contributed by atoms with van der Waals surface area (Å²) in [6.45, 7) is 4.72. The Balaban J connectivity index is 2.57. The van der Waals surface area contributed by atoms with Crippen LogP contribution in [0.3, 0.4) is 0 Å². The number of nitrogens with zero attached hydrogens (tertiary/aromatic N) is 2. The van der Waals surface area contributed by atoms with Crippen LogP contribution in [0.5, 0.6) is 0 Å². The van der Waals surface area contributed by atoms with Crippen molar-refractivity contribution in [3.8, 4) is 0 Å². The highest BCUT2D eigenvalue weighted by Crippen LogP contribution is 2.15. The summed E-state index contributed by atoms with van der Waals surface area (Å²) in [6.07, 6.45) is 7.13. The minimum atomic E-state index is -0.131. The van der Waals surface area contributed by atoms with E-state index in [2.05, 4.69) is 26.9 Å². The highest BCUT2D eigenvalue weighted by Gasteiger charge is 2.15. The van der Waals surface area contributed by atoms with Gasteiger partial charge in [-0.05, 0) is 24.9 Å². The lowest BCUT2D eigenvalue weighted by molar-refractivity contribution is 0.0948. The molecule has 0 spiro atoms. The molecule has 1 aromatic rings. The molecule has 1 aromatic heterocycles. The molecule has 0 radical (unpaired) electrons. The van der Waals surface area contributed by atoms with E-state index in [0.29, 0.717) is 23.8 Å². The van der Waals surface area contributed by atoms with Crippen LogP contribution in [-0.2, 0) is 0 Å². The minimum Gasteiger partial charge on any atom is -0.385 e. The molecular weight excluding hydrogens is 284 g/mol. The molecule has 0 aliphatic heterocycles. The molecule has 0 aromatic carbocycles. The van der Waals surface area contributed by atoms with Crippen LogP contribution in [0.1, 0.15) is 55.3 Å². The van der Waals surface area contributed by atoms with E-state index in [-0.39, 0.29) is 11.8 Å². The number of amides is 1. The lowest BCUT2D eigenvalue weighted by atomic mass is 10.2. The Labute approximate surface area is 131 Å². The number of hydrogen-bond donors (Lipinski definition) is 2. The van der Waals surface area contributed by atoms with Gasteiger partial charge in [-0.25, -0.2) is 9.97 Å². The van der Waals surface area contributed by atoms with Gasteiger partial charge in [0.2, 0.25) is 0 Å². The van der Waals surface area contributed by atoms with Crippen LogP contribution in [0.4, 0.5) is 5.69 Å². The summed E-state index contributed by atoms with van der Waals surface area (Å²) in [7, 11) is 1.77. The number of hydrogen-bond acceptors (Lipinski definition) is 5. The molecule has 1 rings (SSSR count). The quantitative estimate of drug-likeness (QED) is 0.687. The molecule has 1 heterocycles. The van der Waals surface area contributed by atoms with Gasteiger partial charge in [0.1, 0.15) is 5.82 Å². The van der Waals surface area contributed by atoms with Gasteiger partial charge in [0.15, 0.2) is 5.69 Å². The average Bonchev–Trinajstić information content (AvgIpc) is 2.49. The van der Waals surface area contributed by atoms with E-state index >= 15 is 0 Å². The third-order valence-electron chi connectivity index (χ3n) is 3.12. The number of unbranched alkanes of at least 4 members (excludes halogenated alkanes) is 2. The maximum absolute atomic E-state index is 12.2. The van der Waals surface area contributed by atoms with Gasteiger partial charge in [-0.15, -0.1) is 0 Å². The van der Waals surface area contributed by atoms with Crippen molar-refractivity contribution in [1.29, 1.82) is 0 Å². The summed E-state index contributed by atoms with van der Waals surface area (Å²) < 4.78 is 0.